The summed E-state index contributed by atoms with van der Waals surface area (Å²) in [6.07, 6.45) is 2.11. The van der Waals surface area contributed by atoms with Crippen LogP contribution in [0, 0.1) is 0 Å². The predicted octanol–water partition coefficient (Wildman–Crippen LogP) is -0.475. The van der Waals surface area contributed by atoms with E-state index in [2.05, 4.69) is 5.32 Å². The Labute approximate surface area is 96.9 Å². The van der Waals surface area contributed by atoms with Gasteiger partial charge in [-0.2, -0.15) is 4.31 Å². The quantitative estimate of drug-likeness (QED) is 0.693. The number of nitrogens with one attached hydrogen (secondary N) is 1. The first kappa shape index (κ1) is 12.3. The summed E-state index contributed by atoms with van der Waals surface area (Å²) in [7, 11) is -3.22. The molecule has 2 aliphatic rings. The lowest BCUT2D eigenvalue weighted by atomic mass is 9.97. The van der Waals surface area contributed by atoms with Crippen molar-refractivity contribution in [1.82, 2.24) is 9.62 Å². The zero-order valence-corrected chi connectivity index (χ0v) is 10.5. The Morgan fingerprint density at radius 1 is 1.50 bits per heavy atom. The summed E-state index contributed by atoms with van der Waals surface area (Å²) in [6, 6.07) is 0. The van der Waals surface area contributed by atoms with E-state index >= 15 is 0 Å². The van der Waals surface area contributed by atoms with Gasteiger partial charge in [0, 0.05) is 19.6 Å². The SMILES string of the molecule is CC1(O)CCCN(S(=O)(=O)C2CCNC2)C1. The summed E-state index contributed by atoms with van der Waals surface area (Å²) < 4.78 is 26.0. The first-order chi connectivity index (χ1) is 7.42. The Kier molecular flexibility index (Phi) is 3.27. The maximum atomic E-state index is 12.3. The molecular weight excluding hydrogens is 228 g/mol. The highest BCUT2D eigenvalue weighted by atomic mass is 32.2. The molecule has 2 saturated heterocycles. The van der Waals surface area contributed by atoms with E-state index in [-0.39, 0.29) is 11.8 Å². The molecule has 0 aromatic carbocycles. The fourth-order valence-corrected chi connectivity index (χ4v) is 4.49. The average Bonchev–Trinajstić information content (AvgIpc) is 2.69. The largest absolute Gasteiger partial charge is 0.389 e. The van der Waals surface area contributed by atoms with Gasteiger partial charge in [0.2, 0.25) is 10.0 Å². The van der Waals surface area contributed by atoms with Crippen LogP contribution in [0.1, 0.15) is 26.2 Å². The number of β-amino-alcohol motifs (C(OH)–C–C–N with tert-alkyl or cyclic N) is 1. The van der Waals surface area contributed by atoms with E-state index in [1.165, 1.54) is 4.31 Å². The van der Waals surface area contributed by atoms with Crippen molar-refractivity contribution < 1.29 is 13.5 Å². The smallest absolute Gasteiger partial charge is 0.218 e. The lowest BCUT2D eigenvalue weighted by Crippen LogP contribution is -2.51. The number of hydrogen-bond acceptors (Lipinski definition) is 4. The Morgan fingerprint density at radius 2 is 2.25 bits per heavy atom. The van der Waals surface area contributed by atoms with Crippen molar-refractivity contribution in [3.05, 3.63) is 0 Å². The van der Waals surface area contributed by atoms with Gasteiger partial charge >= 0.3 is 0 Å². The second kappa shape index (κ2) is 4.25. The lowest BCUT2D eigenvalue weighted by molar-refractivity contribution is 0.00919. The van der Waals surface area contributed by atoms with Gasteiger partial charge in [0.15, 0.2) is 0 Å². The second-order valence-electron chi connectivity index (χ2n) is 5.09. The van der Waals surface area contributed by atoms with E-state index in [9.17, 15) is 13.5 Å². The fourth-order valence-electron chi connectivity index (χ4n) is 2.48. The molecule has 2 rings (SSSR count). The van der Waals surface area contributed by atoms with Gasteiger partial charge in [-0.25, -0.2) is 8.42 Å². The Balaban J connectivity index is 2.11. The molecule has 16 heavy (non-hydrogen) atoms. The molecule has 0 saturated carbocycles. The van der Waals surface area contributed by atoms with Crippen molar-refractivity contribution in [3.8, 4) is 0 Å². The molecule has 0 spiro atoms. The van der Waals surface area contributed by atoms with Gasteiger partial charge in [-0.15, -0.1) is 0 Å². The van der Waals surface area contributed by atoms with E-state index < -0.39 is 15.6 Å². The van der Waals surface area contributed by atoms with Gasteiger partial charge in [0.1, 0.15) is 0 Å². The monoisotopic (exact) mass is 248 g/mol. The van der Waals surface area contributed by atoms with Crippen molar-refractivity contribution in [2.75, 3.05) is 26.2 Å². The first-order valence-electron chi connectivity index (χ1n) is 5.84. The fraction of sp³-hybridized carbons (Fsp3) is 1.00. The summed E-state index contributed by atoms with van der Waals surface area (Å²) in [5.74, 6) is 0. The van der Waals surface area contributed by atoms with Crippen LogP contribution in [0.4, 0.5) is 0 Å². The summed E-state index contributed by atoms with van der Waals surface area (Å²) in [5, 5.41) is 12.7. The van der Waals surface area contributed by atoms with Crippen LogP contribution in [0.25, 0.3) is 0 Å². The van der Waals surface area contributed by atoms with Gasteiger partial charge in [-0.3, -0.25) is 0 Å². The molecule has 94 valence electrons. The molecule has 5 nitrogen and oxygen atoms in total. The second-order valence-corrected chi connectivity index (χ2v) is 7.31. The highest BCUT2D eigenvalue weighted by Crippen LogP contribution is 2.25. The van der Waals surface area contributed by atoms with Gasteiger partial charge in [-0.1, -0.05) is 0 Å². The summed E-state index contributed by atoms with van der Waals surface area (Å²) in [4.78, 5) is 0. The number of hydrogen-bond donors (Lipinski definition) is 2. The molecule has 0 amide bonds. The van der Waals surface area contributed by atoms with E-state index in [0.29, 0.717) is 25.9 Å². The van der Waals surface area contributed by atoms with Crippen LogP contribution in [-0.4, -0.2) is 54.9 Å². The van der Waals surface area contributed by atoms with E-state index in [1.807, 2.05) is 0 Å². The Bertz CT molecular complexity index is 347. The lowest BCUT2D eigenvalue weighted by Gasteiger charge is -2.37. The number of aliphatic hydroxyl groups is 1. The van der Waals surface area contributed by atoms with Crippen LogP contribution in [0.5, 0.6) is 0 Å². The molecule has 0 aromatic rings. The van der Waals surface area contributed by atoms with Crippen LogP contribution in [0.15, 0.2) is 0 Å². The normalized spacial score (nSPS) is 37.8. The number of sulfonamides is 1. The molecule has 6 heteroatoms. The minimum atomic E-state index is -3.22. The topological polar surface area (TPSA) is 69.6 Å². The van der Waals surface area contributed by atoms with Crippen molar-refractivity contribution in [1.29, 1.82) is 0 Å². The Morgan fingerprint density at radius 3 is 2.81 bits per heavy atom. The minimum absolute atomic E-state index is 0.242. The van der Waals surface area contributed by atoms with Gasteiger partial charge in [-0.05, 0) is 32.7 Å². The van der Waals surface area contributed by atoms with E-state index in [4.69, 9.17) is 0 Å². The standard InChI is InChI=1S/C10H20N2O3S/c1-10(13)4-2-6-12(8-10)16(14,15)9-3-5-11-7-9/h9,11,13H,2-8H2,1H3. The molecule has 2 heterocycles. The molecule has 0 aromatic heterocycles. The first-order valence-corrected chi connectivity index (χ1v) is 7.34. The van der Waals surface area contributed by atoms with Crippen LogP contribution < -0.4 is 5.32 Å². The number of rotatable bonds is 2. The van der Waals surface area contributed by atoms with Crippen LogP contribution in [-0.2, 0) is 10.0 Å². The summed E-state index contributed by atoms with van der Waals surface area (Å²) >= 11 is 0. The predicted molar refractivity (Wildman–Crippen MR) is 61.6 cm³/mol. The molecule has 2 fully saturated rings. The van der Waals surface area contributed by atoms with Crippen molar-refractivity contribution in [2.45, 2.75) is 37.0 Å². The summed E-state index contributed by atoms with van der Waals surface area (Å²) in [6.45, 7) is 3.82. The van der Waals surface area contributed by atoms with Crippen LogP contribution in [0.2, 0.25) is 0 Å². The molecule has 2 atom stereocenters. The van der Waals surface area contributed by atoms with Gasteiger partial charge in [0.25, 0.3) is 0 Å². The third-order valence-corrected chi connectivity index (χ3v) is 5.71. The van der Waals surface area contributed by atoms with Gasteiger partial charge in [0.05, 0.1) is 10.9 Å². The zero-order valence-electron chi connectivity index (χ0n) is 9.65. The molecule has 0 radical (unpaired) electrons. The summed E-state index contributed by atoms with van der Waals surface area (Å²) in [5.41, 5.74) is -0.864. The maximum absolute atomic E-state index is 12.3. The van der Waals surface area contributed by atoms with Crippen molar-refractivity contribution in [2.24, 2.45) is 0 Å². The molecule has 0 bridgehead atoms. The average molecular weight is 248 g/mol. The van der Waals surface area contributed by atoms with Crippen molar-refractivity contribution in [3.63, 3.8) is 0 Å². The van der Waals surface area contributed by atoms with Gasteiger partial charge < -0.3 is 10.4 Å². The van der Waals surface area contributed by atoms with E-state index in [1.54, 1.807) is 6.92 Å². The third kappa shape index (κ3) is 2.40. The molecule has 2 aliphatic heterocycles. The minimum Gasteiger partial charge on any atom is -0.389 e. The van der Waals surface area contributed by atoms with Crippen LogP contribution in [0.3, 0.4) is 0 Å². The van der Waals surface area contributed by atoms with Crippen molar-refractivity contribution >= 4 is 10.0 Å². The van der Waals surface area contributed by atoms with Crippen LogP contribution >= 0.6 is 0 Å². The molecule has 2 unspecified atom stereocenters. The third-order valence-electron chi connectivity index (χ3n) is 3.44. The molecule has 2 N–H and O–H groups in total. The highest BCUT2D eigenvalue weighted by molar-refractivity contribution is 7.89. The number of piperidine rings is 1. The van der Waals surface area contributed by atoms with E-state index in [0.717, 1.165) is 13.0 Å². The number of nitrogens with zero attached hydrogens (tertiary/aromatic N) is 1. The Hall–Kier alpha value is -0.170. The highest BCUT2D eigenvalue weighted by Gasteiger charge is 2.39. The maximum Gasteiger partial charge on any atom is 0.218 e. The molecular formula is C10H20N2O3S. The molecule has 0 aliphatic carbocycles. The zero-order chi connectivity index (χ0) is 11.8.